The summed E-state index contributed by atoms with van der Waals surface area (Å²) in [4.78, 5) is 13.4. The maximum Gasteiger partial charge on any atom is 0.337 e. The highest BCUT2D eigenvalue weighted by Crippen LogP contribution is 2.22. The van der Waals surface area contributed by atoms with Crippen LogP contribution in [0.4, 0.5) is 0 Å². The fourth-order valence-corrected chi connectivity index (χ4v) is 1.50. The van der Waals surface area contributed by atoms with Crippen molar-refractivity contribution >= 4 is 23.6 Å². The molecule has 0 unspecified atom stereocenters. The van der Waals surface area contributed by atoms with Gasteiger partial charge in [-0.25, -0.2) is 4.79 Å². The second kappa shape index (κ2) is 6.58. The van der Waals surface area contributed by atoms with Gasteiger partial charge in [-0.1, -0.05) is 41.0 Å². The summed E-state index contributed by atoms with van der Waals surface area (Å²) in [6.45, 7) is 0.364. The second-order valence-electron chi connectivity index (χ2n) is 3.16. The van der Waals surface area contributed by atoms with Crippen LogP contribution < -0.4 is 0 Å². The zero-order chi connectivity index (χ0) is 12.7. The van der Waals surface area contributed by atoms with E-state index in [0.717, 1.165) is 0 Å². The molecule has 0 fully saturated rings. The van der Waals surface area contributed by atoms with E-state index in [1.54, 1.807) is 24.3 Å². The number of azide groups is 1. The molecule has 1 aromatic rings. The van der Waals surface area contributed by atoms with Crippen molar-refractivity contribution in [3.05, 3.63) is 50.9 Å². The standard InChI is InChI=1S/C11H10ClN3O2/c12-10-8(4-1-2-7-14-15-13)5-3-6-9(10)11(16)17/h1,3-6H,2,7H2,(H,16,17). The number of hydrogen-bond donors (Lipinski definition) is 1. The minimum absolute atomic E-state index is 0.0730. The van der Waals surface area contributed by atoms with Crippen LogP contribution in [-0.2, 0) is 0 Å². The fourth-order valence-electron chi connectivity index (χ4n) is 1.23. The molecular weight excluding hydrogens is 242 g/mol. The lowest BCUT2D eigenvalue weighted by molar-refractivity contribution is 0.0697. The minimum atomic E-state index is -1.06. The van der Waals surface area contributed by atoms with E-state index in [-0.39, 0.29) is 10.6 Å². The van der Waals surface area contributed by atoms with Crippen LogP contribution in [0.3, 0.4) is 0 Å². The van der Waals surface area contributed by atoms with E-state index < -0.39 is 5.97 Å². The average Bonchev–Trinajstić information content (AvgIpc) is 2.30. The minimum Gasteiger partial charge on any atom is -0.478 e. The first-order chi connectivity index (χ1) is 8.16. The van der Waals surface area contributed by atoms with Crippen LogP contribution in [0.25, 0.3) is 16.5 Å². The lowest BCUT2D eigenvalue weighted by Crippen LogP contribution is -1.97. The summed E-state index contributed by atoms with van der Waals surface area (Å²) in [5.74, 6) is -1.06. The SMILES string of the molecule is [N-]=[N+]=NCCC=Cc1cccc(C(=O)O)c1Cl. The molecule has 0 spiro atoms. The summed E-state index contributed by atoms with van der Waals surface area (Å²) >= 11 is 5.93. The number of hydrogen-bond acceptors (Lipinski definition) is 2. The monoisotopic (exact) mass is 251 g/mol. The Balaban J connectivity index is 2.81. The second-order valence-corrected chi connectivity index (χ2v) is 3.54. The highest BCUT2D eigenvalue weighted by atomic mass is 35.5. The first-order valence-corrected chi connectivity index (χ1v) is 5.24. The normalized spacial score (nSPS) is 10.2. The van der Waals surface area contributed by atoms with E-state index in [0.29, 0.717) is 18.5 Å². The van der Waals surface area contributed by atoms with Crippen molar-refractivity contribution in [2.45, 2.75) is 6.42 Å². The van der Waals surface area contributed by atoms with Gasteiger partial charge in [-0.3, -0.25) is 0 Å². The van der Waals surface area contributed by atoms with Crippen LogP contribution in [0.1, 0.15) is 22.3 Å². The molecule has 17 heavy (non-hydrogen) atoms. The van der Waals surface area contributed by atoms with Gasteiger partial charge in [-0.05, 0) is 23.6 Å². The summed E-state index contributed by atoms with van der Waals surface area (Å²) in [7, 11) is 0. The van der Waals surface area contributed by atoms with E-state index >= 15 is 0 Å². The van der Waals surface area contributed by atoms with Crippen molar-refractivity contribution < 1.29 is 9.90 Å². The number of halogens is 1. The van der Waals surface area contributed by atoms with Crippen LogP contribution in [0, 0.1) is 0 Å². The highest BCUT2D eigenvalue weighted by molar-refractivity contribution is 6.34. The number of rotatable bonds is 5. The molecule has 0 aliphatic heterocycles. The first-order valence-electron chi connectivity index (χ1n) is 4.86. The van der Waals surface area contributed by atoms with Crippen molar-refractivity contribution in [1.29, 1.82) is 0 Å². The van der Waals surface area contributed by atoms with Gasteiger partial charge >= 0.3 is 5.97 Å². The molecule has 0 aliphatic carbocycles. The Morgan fingerprint density at radius 2 is 2.35 bits per heavy atom. The molecule has 0 atom stereocenters. The number of carboxylic acid groups (broad SMARTS) is 1. The van der Waals surface area contributed by atoms with Gasteiger partial charge in [0.1, 0.15) is 0 Å². The maximum atomic E-state index is 10.8. The van der Waals surface area contributed by atoms with Gasteiger partial charge in [0.05, 0.1) is 10.6 Å². The molecule has 0 radical (unpaired) electrons. The predicted octanol–water partition coefficient (Wildman–Crippen LogP) is 3.75. The third-order valence-corrected chi connectivity index (χ3v) is 2.44. The quantitative estimate of drug-likeness (QED) is 0.374. The summed E-state index contributed by atoms with van der Waals surface area (Å²) in [5, 5.41) is 12.4. The number of aromatic carboxylic acids is 1. The van der Waals surface area contributed by atoms with Crippen LogP contribution in [0.15, 0.2) is 29.4 Å². The number of carboxylic acids is 1. The van der Waals surface area contributed by atoms with Gasteiger partial charge in [-0.2, -0.15) is 0 Å². The third kappa shape index (κ3) is 3.83. The molecular formula is C11H10ClN3O2. The molecule has 6 heteroatoms. The van der Waals surface area contributed by atoms with Crippen LogP contribution in [-0.4, -0.2) is 17.6 Å². The topological polar surface area (TPSA) is 86.1 Å². The molecule has 5 nitrogen and oxygen atoms in total. The lowest BCUT2D eigenvalue weighted by atomic mass is 10.1. The Kier molecular flexibility index (Phi) is 5.07. The van der Waals surface area contributed by atoms with Crippen molar-refractivity contribution in [2.75, 3.05) is 6.54 Å². The first kappa shape index (κ1) is 13.1. The Morgan fingerprint density at radius 1 is 1.59 bits per heavy atom. The Bertz CT molecular complexity index is 493. The van der Waals surface area contributed by atoms with Gasteiger partial charge < -0.3 is 5.11 Å². The highest BCUT2D eigenvalue weighted by Gasteiger charge is 2.09. The van der Waals surface area contributed by atoms with Gasteiger partial charge in [0.15, 0.2) is 0 Å². The number of nitrogens with zero attached hydrogens (tertiary/aromatic N) is 3. The number of benzene rings is 1. The van der Waals surface area contributed by atoms with Crippen molar-refractivity contribution in [2.24, 2.45) is 5.11 Å². The Labute approximate surface area is 103 Å². The van der Waals surface area contributed by atoms with Crippen LogP contribution in [0.5, 0.6) is 0 Å². The van der Waals surface area contributed by atoms with Gasteiger partial charge in [0, 0.05) is 11.5 Å². The predicted molar refractivity (Wildman–Crippen MR) is 66.1 cm³/mol. The average molecular weight is 252 g/mol. The largest absolute Gasteiger partial charge is 0.478 e. The smallest absolute Gasteiger partial charge is 0.337 e. The summed E-state index contributed by atoms with van der Waals surface area (Å²) < 4.78 is 0. The van der Waals surface area contributed by atoms with Gasteiger partial charge in [0.2, 0.25) is 0 Å². The fraction of sp³-hybridized carbons (Fsp3) is 0.182. The molecule has 1 rings (SSSR count). The zero-order valence-corrected chi connectivity index (χ0v) is 9.63. The summed E-state index contributed by atoms with van der Waals surface area (Å²) in [6.07, 6.45) is 4.07. The van der Waals surface area contributed by atoms with Crippen molar-refractivity contribution in [1.82, 2.24) is 0 Å². The Hall–Kier alpha value is -1.97. The van der Waals surface area contributed by atoms with E-state index in [4.69, 9.17) is 22.2 Å². The lowest BCUT2D eigenvalue weighted by Gasteiger charge is -2.02. The van der Waals surface area contributed by atoms with Gasteiger partial charge in [0.25, 0.3) is 0 Å². The molecule has 0 heterocycles. The molecule has 0 aliphatic rings. The zero-order valence-electron chi connectivity index (χ0n) is 8.88. The van der Waals surface area contributed by atoms with Crippen molar-refractivity contribution in [3.63, 3.8) is 0 Å². The van der Waals surface area contributed by atoms with Crippen molar-refractivity contribution in [3.8, 4) is 0 Å². The number of carbonyl (C=O) groups is 1. The van der Waals surface area contributed by atoms with Gasteiger partial charge in [-0.15, -0.1) is 0 Å². The third-order valence-electron chi connectivity index (χ3n) is 2.02. The molecule has 0 bridgehead atoms. The molecule has 0 saturated heterocycles. The van der Waals surface area contributed by atoms with E-state index in [1.165, 1.54) is 6.07 Å². The molecule has 88 valence electrons. The molecule has 0 aromatic heterocycles. The Morgan fingerprint density at radius 3 is 3.00 bits per heavy atom. The summed E-state index contributed by atoms with van der Waals surface area (Å²) in [6, 6.07) is 4.79. The molecule has 0 saturated carbocycles. The van der Waals surface area contributed by atoms with E-state index in [9.17, 15) is 4.79 Å². The molecule has 0 amide bonds. The molecule has 1 aromatic carbocycles. The van der Waals surface area contributed by atoms with Crippen LogP contribution >= 0.6 is 11.6 Å². The summed E-state index contributed by atoms with van der Waals surface area (Å²) in [5.41, 5.74) is 8.78. The van der Waals surface area contributed by atoms with E-state index in [2.05, 4.69) is 10.0 Å². The van der Waals surface area contributed by atoms with E-state index in [1.807, 2.05) is 0 Å². The molecule has 1 N–H and O–H groups in total. The maximum absolute atomic E-state index is 10.8. The van der Waals surface area contributed by atoms with Crippen LogP contribution in [0.2, 0.25) is 5.02 Å².